The topological polar surface area (TPSA) is 17.1 Å². The summed E-state index contributed by atoms with van der Waals surface area (Å²) in [6.07, 6.45) is 11.3. The Hall–Kier alpha value is -0.410. The van der Waals surface area contributed by atoms with Crippen LogP contribution in [-0.2, 0) is 0 Å². The predicted octanol–water partition coefficient (Wildman–Crippen LogP) is 6.84. The van der Waals surface area contributed by atoms with Gasteiger partial charge in [0, 0.05) is 15.4 Å². The van der Waals surface area contributed by atoms with E-state index in [0.717, 1.165) is 33.1 Å². The van der Waals surface area contributed by atoms with Crippen LogP contribution >= 0.6 is 23.5 Å². The van der Waals surface area contributed by atoms with Crippen LogP contribution in [0.4, 0.5) is 0 Å². The quantitative estimate of drug-likeness (QED) is 0.222. The number of rotatable bonds is 13. The monoisotopic (exact) mass is 338 g/mol. The van der Waals surface area contributed by atoms with Crippen molar-refractivity contribution in [3.63, 3.8) is 0 Å². The Balaban J connectivity index is 2.48. The Bertz CT molecular complexity index is 386. The van der Waals surface area contributed by atoms with Gasteiger partial charge in [0.25, 0.3) is 0 Å². The maximum absolute atomic E-state index is 11.5. The molecule has 1 rings (SSSR count). The highest BCUT2D eigenvalue weighted by Crippen LogP contribution is 2.31. The summed E-state index contributed by atoms with van der Waals surface area (Å²) < 4.78 is 0. The first-order valence-electron chi connectivity index (χ1n) is 8.67. The summed E-state index contributed by atoms with van der Waals surface area (Å²) >= 11 is 3.68. The molecule has 0 aliphatic heterocycles. The molecule has 1 nitrogen and oxygen atoms in total. The van der Waals surface area contributed by atoms with Gasteiger partial charge in [-0.05, 0) is 36.5 Å². The average Bonchev–Trinajstić information content (AvgIpc) is 2.54. The van der Waals surface area contributed by atoms with Gasteiger partial charge in [-0.25, -0.2) is 0 Å². The molecule has 0 saturated heterocycles. The van der Waals surface area contributed by atoms with Crippen LogP contribution in [0.2, 0.25) is 0 Å². The lowest BCUT2D eigenvalue weighted by molar-refractivity contribution is 0.111. The van der Waals surface area contributed by atoms with Gasteiger partial charge in [0.1, 0.15) is 0 Å². The standard InChI is InChI=1S/C19H30OS2/c1-3-5-7-9-14-21-18-12-11-13-19(17(18)16-20)22-15-10-8-6-4-2/h11-13,16H,3-10,14-15H2,1-2H3. The number of thioether (sulfide) groups is 2. The Morgan fingerprint density at radius 2 is 1.32 bits per heavy atom. The molecule has 0 fully saturated rings. The van der Waals surface area contributed by atoms with Crippen molar-refractivity contribution in [2.75, 3.05) is 11.5 Å². The molecule has 0 radical (unpaired) electrons. The van der Waals surface area contributed by atoms with Crippen molar-refractivity contribution in [3.8, 4) is 0 Å². The largest absolute Gasteiger partial charge is 0.298 e. The molecule has 0 spiro atoms. The molecule has 0 amide bonds. The van der Waals surface area contributed by atoms with Crippen molar-refractivity contribution in [2.24, 2.45) is 0 Å². The Morgan fingerprint density at radius 3 is 1.73 bits per heavy atom. The van der Waals surface area contributed by atoms with E-state index < -0.39 is 0 Å². The van der Waals surface area contributed by atoms with Crippen LogP contribution in [0.15, 0.2) is 28.0 Å². The van der Waals surface area contributed by atoms with Gasteiger partial charge in [0.2, 0.25) is 0 Å². The highest BCUT2D eigenvalue weighted by molar-refractivity contribution is 8.00. The number of hydrogen-bond acceptors (Lipinski definition) is 3. The summed E-state index contributed by atoms with van der Waals surface area (Å²) in [6.45, 7) is 4.47. The predicted molar refractivity (Wildman–Crippen MR) is 102 cm³/mol. The lowest BCUT2D eigenvalue weighted by Gasteiger charge is -2.10. The fourth-order valence-corrected chi connectivity index (χ4v) is 4.49. The van der Waals surface area contributed by atoms with Crippen molar-refractivity contribution in [3.05, 3.63) is 23.8 Å². The van der Waals surface area contributed by atoms with Crippen molar-refractivity contribution >= 4 is 29.8 Å². The average molecular weight is 339 g/mol. The van der Waals surface area contributed by atoms with Gasteiger partial charge < -0.3 is 0 Å². The third-order valence-electron chi connectivity index (χ3n) is 3.65. The van der Waals surface area contributed by atoms with Crippen LogP contribution in [-0.4, -0.2) is 17.8 Å². The second kappa shape index (κ2) is 13.1. The Morgan fingerprint density at radius 1 is 0.818 bits per heavy atom. The molecule has 0 aliphatic carbocycles. The SMILES string of the molecule is CCCCCCSc1cccc(SCCCCCC)c1C=O. The van der Waals surface area contributed by atoms with Crippen molar-refractivity contribution in [2.45, 2.75) is 75.0 Å². The number of carbonyl (C=O) groups excluding carboxylic acids is 1. The maximum atomic E-state index is 11.5. The van der Waals surface area contributed by atoms with E-state index in [1.165, 1.54) is 51.4 Å². The second-order valence-corrected chi connectivity index (χ2v) is 7.88. The van der Waals surface area contributed by atoms with Crippen LogP contribution in [0.3, 0.4) is 0 Å². The zero-order chi connectivity index (χ0) is 16.0. The smallest absolute Gasteiger partial charge is 0.152 e. The third-order valence-corrected chi connectivity index (χ3v) is 5.97. The minimum atomic E-state index is 0.906. The summed E-state index contributed by atoms with van der Waals surface area (Å²) in [5, 5.41) is 0. The normalized spacial score (nSPS) is 10.8. The summed E-state index contributed by atoms with van der Waals surface area (Å²) in [5.74, 6) is 2.23. The molecular weight excluding hydrogens is 308 g/mol. The van der Waals surface area contributed by atoms with E-state index in [0.29, 0.717) is 0 Å². The van der Waals surface area contributed by atoms with Crippen LogP contribution < -0.4 is 0 Å². The number of carbonyl (C=O) groups is 1. The van der Waals surface area contributed by atoms with E-state index in [4.69, 9.17) is 0 Å². The molecule has 3 heteroatoms. The summed E-state index contributed by atoms with van der Waals surface area (Å²) in [5.41, 5.74) is 0.906. The van der Waals surface area contributed by atoms with Gasteiger partial charge >= 0.3 is 0 Å². The third kappa shape index (κ3) is 7.73. The van der Waals surface area contributed by atoms with Gasteiger partial charge in [-0.15, -0.1) is 23.5 Å². The fourth-order valence-electron chi connectivity index (χ4n) is 2.31. The highest BCUT2D eigenvalue weighted by atomic mass is 32.2. The van der Waals surface area contributed by atoms with Crippen LogP contribution in [0.5, 0.6) is 0 Å². The fraction of sp³-hybridized carbons (Fsp3) is 0.632. The van der Waals surface area contributed by atoms with E-state index in [1.54, 1.807) is 0 Å². The van der Waals surface area contributed by atoms with Crippen LogP contribution in [0, 0.1) is 0 Å². The van der Waals surface area contributed by atoms with Gasteiger partial charge in [0.15, 0.2) is 6.29 Å². The molecule has 0 atom stereocenters. The van der Waals surface area contributed by atoms with Crippen LogP contribution in [0.25, 0.3) is 0 Å². The van der Waals surface area contributed by atoms with E-state index in [9.17, 15) is 4.79 Å². The molecule has 0 aromatic heterocycles. The van der Waals surface area contributed by atoms with E-state index in [1.807, 2.05) is 23.5 Å². The maximum Gasteiger partial charge on any atom is 0.152 e. The first kappa shape index (κ1) is 19.6. The molecule has 0 heterocycles. The van der Waals surface area contributed by atoms with E-state index >= 15 is 0 Å². The Labute approximate surface area is 145 Å². The number of unbranched alkanes of at least 4 members (excludes halogenated alkanes) is 6. The zero-order valence-corrected chi connectivity index (χ0v) is 15.7. The molecule has 0 N–H and O–H groups in total. The molecule has 0 saturated carbocycles. The minimum Gasteiger partial charge on any atom is -0.298 e. The first-order chi connectivity index (χ1) is 10.8. The van der Waals surface area contributed by atoms with Gasteiger partial charge in [-0.1, -0.05) is 58.4 Å². The van der Waals surface area contributed by atoms with Crippen LogP contribution in [0.1, 0.15) is 75.6 Å². The zero-order valence-electron chi connectivity index (χ0n) is 14.1. The lowest BCUT2D eigenvalue weighted by atomic mass is 10.2. The van der Waals surface area contributed by atoms with Gasteiger partial charge in [-0.3, -0.25) is 4.79 Å². The summed E-state index contributed by atoms with van der Waals surface area (Å²) in [6, 6.07) is 6.28. The second-order valence-electron chi connectivity index (χ2n) is 5.60. The minimum absolute atomic E-state index is 0.906. The van der Waals surface area contributed by atoms with E-state index in [2.05, 4.69) is 32.0 Å². The molecular formula is C19H30OS2. The number of benzene rings is 1. The number of aldehydes is 1. The van der Waals surface area contributed by atoms with Gasteiger partial charge in [-0.2, -0.15) is 0 Å². The molecule has 1 aromatic rings. The molecule has 124 valence electrons. The lowest BCUT2D eigenvalue weighted by Crippen LogP contribution is -1.92. The number of hydrogen-bond donors (Lipinski definition) is 0. The summed E-state index contributed by atoms with van der Waals surface area (Å²) in [4.78, 5) is 13.8. The molecule has 1 aromatic carbocycles. The van der Waals surface area contributed by atoms with Crippen molar-refractivity contribution in [1.82, 2.24) is 0 Å². The van der Waals surface area contributed by atoms with E-state index in [-0.39, 0.29) is 0 Å². The summed E-state index contributed by atoms with van der Waals surface area (Å²) in [7, 11) is 0. The molecule has 0 unspecified atom stereocenters. The van der Waals surface area contributed by atoms with Crippen molar-refractivity contribution in [1.29, 1.82) is 0 Å². The first-order valence-corrected chi connectivity index (χ1v) is 10.6. The highest BCUT2D eigenvalue weighted by Gasteiger charge is 2.08. The Kier molecular flexibility index (Phi) is 11.7. The van der Waals surface area contributed by atoms with Crippen molar-refractivity contribution < 1.29 is 4.79 Å². The molecule has 0 bridgehead atoms. The van der Waals surface area contributed by atoms with Gasteiger partial charge in [0.05, 0.1) is 0 Å². The molecule has 0 aliphatic rings. The molecule has 22 heavy (non-hydrogen) atoms.